The van der Waals surface area contributed by atoms with Crippen molar-refractivity contribution in [2.75, 3.05) is 5.32 Å². The number of aliphatic carboxylic acids is 1. The summed E-state index contributed by atoms with van der Waals surface area (Å²) in [5.74, 6) is -2.35. The number of benzene rings is 1. The van der Waals surface area contributed by atoms with E-state index in [-0.39, 0.29) is 16.8 Å². The highest BCUT2D eigenvalue weighted by Crippen LogP contribution is 2.19. The predicted octanol–water partition coefficient (Wildman–Crippen LogP) is 2.49. The van der Waals surface area contributed by atoms with Crippen LogP contribution in [0, 0.1) is 12.7 Å². The minimum Gasteiger partial charge on any atom is -0.478 e. The molecule has 0 atom stereocenters. The lowest BCUT2D eigenvalue weighted by atomic mass is 10.1. The molecule has 0 radical (unpaired) electrons. The molecule has 1 aromatic carbocycles. The number of carbonyl (C=O) groups excluding carboxylic acids is 1. The van der Waals surface area contributed by atoms with Gasteiger partial charge in [0.1, 0.15) is 5.82 Å². The molecule has 0 aromatic heterocycles. The van der Waals surface area contributed by atoms with Gasteiger partial charge in [-0.05, 0) is 32.4 Å². The Balaban J connectivity index is 3.03. The lowest BCUT2D eigenvalue weighted by molar-refractivity contribution is -0.133. The second-order valence-corrected chi connectivity index (χ2v) is 3.94. The first-order valence-corrected chi connectivity index (χ1v) is 5.31. The van der Waals surface area contributed by atoms with Crippen molar-refractivity contribution < 1.29 is 19.1 Å². The normalized spacial score (nSPS) is 11.8. The van der Waals surface area contributed by atoms with Gasteiger partial charge >= 0.3 is 5.97 Å². The number of rotatable bonds is 3. The van der Waals surface area contributed by atoms with E-state index in [1.165, 1.54) is 26.0 Å². The van der Waals surface area contributed by atoms with Gasteiger partial charge in [-0.1, -0.05) is 12.1 Å². The maximum atomic E-state index is 13.5. The van der Waals surface area contributed by atoms with Crippen LogP contribution >= 0.6 is 0 Å². The first-order valence-electron chi connectivity index (χ1n) is 5.31. The summed E-state index contributed by atoms with van der Waals surface area (Å²) in [6.07, 6.45) is 0. The molecule has 96 valence electrons. The minimum atomic E-state index is -1.17. The second-order valence-electron chi connectivity index (χ2n) is 3.94. The highest BCUT2D eigenvalue weighted by Gasteiger charge is 2.15. The van der Waals surface area contributed by atoms with E-state index in [0.29, 0.717) is 5.56 Å². The van der Waals surface area contributed by atoms with Crippen LogP contribution in [-0.4, -0.2) is 17.0 Å². The number of nitrogens with one attached hydrogen (secondary N) is 1. The molecule has 0 aliphatic rings. The Bertz CT molecular complexity index is 515. The number of aryl methyl sites for hydroxylation is 1. The van der Waals surface area contributed by atoms with Gasteiger partial charge in [-0.2, -0.15) is 0 Å². The Morgan fingerprint density at radius 1 is 1.22 bits per heavy atom. The van der Waals surface area contributed by atoms with Crippen LogP contribution in [0.1, 0.15) is 19.4 Å². The average Bonchev–Trinajstić information content (AvgIpc) is 2.31. The van der Waals surface area contributed by atoms with Gasteiger partial charge in [0, 0.05) is 11.1 Å². The summed E-state index contributed by atoms with van der Waals surface area (Å²) < 4.78 is 13.5. The molecule has 1 aromatic rings. The summed E-state index contributed by atoms with van der Waals surface area (Å²) in [5.41, 5.74) is 0.621. The largest absolute Gasteiger partial charge is 0.478 e. The van der Waals surface area contributed by atoms with Crippen LogP contribution in [-0.2, 0) is 9.59 Å². The van der Waals surface area contributed by atoms with Gasteiger partial charge < -0.3 is 10.4 Å². The molecule has 0 saturated heterocycles. The van der Waals surface area contributed by atoms with Crippen molar-refractivity contribution >= 4 is 17.6 Å². The number of carboxylic acid groups (broad SMARTS) is 1. The molecule has 0 spiro atoms. The van der Waals surface area contributed by atoms with Crippen molar-refractivity contribution in [2.24, 2.45) is 0 Å². The zero-order valence-electron chi connectivity index (χ0n) is 10.4. The zero-order chi connectivity index (χ0) is 13.9. The number of hydrogen-bond donors (Lipinski definition) is 2. The third-order valence-corrected chi connectivity index (χ3v) is 2.68. The Morgan fingerprint density at radius 2 is 1.83 bits per heavy atom. The van der Waals surface area contributed by atoms with Crippen LogP contribution in [0.2, 0.25) is 0 Å². The first-order chi connectivity index (χ1) is 8.34. The fourth-order valence-corrected chi connectivity index (χ4v) is 1.33. The third kappa shape index (κ3) is 2.94. The molecule has 5 heteroatoms. The second kappa shape index (κ2) is 5.44. The molecule has 0 aliphatic heterocycles. The molecule has 0 saturated carbocycles. The zero-order valence-corrected chi connectivity index (χ0v) is 10.4. The van der Waals surface area contributed by atoms with Gasteiger partial charge in [0.25, 0.3) is 5.91 Å². The number of halogens is 1. The van der Waals surface area contributed by atoms with E-state index in [1.54, 1.807) is 13.0 Å². The Kier molecular flexibility index (Phi) is 4.20. The molecule has 0 heterocycles. The standard InChI is InChI=1S/C13H14FNO3/c1-7-5-4-6-10(14)11(7)15-12(16)8(2)9(3)13(17)18/h4-6H,1-3H3,(H,15,16)(H,17,18)/b9-8+. The smallest absolute Gasteiger partial charge is 0.331 e. The van der Waals surface area contributed by atoms with E-state index in [4.69, 9.17) is 5.11 Å². The summed E-state index contributed by atoms with van der Waals surface area (Å²) in [4.78, 5) is 22.5. The molecule has 2 N–H and O–H groups in total. The van der Waals surface area contributed by atoms with Gasteiger partial charge in [0.15, 0.2) is 0 Å². The lowest BCUT2D eigenvalue weighted by Crippen LogP contribution is -2.17. The molecule has 0 aliphatic carbocycles. The van der Waals surface area contributed by atoms with E-state index in [1.807, 2.05) is 0 Å². The molecule has 1 amide bonds. The molecule has 0 unspecified atom stereocenters. The maximum absolute atomic E-state index is 13.5. The fraction of sp³-hybridized carbons (Fsp3) is 0.231. The predicted molar refractivity (Wildman–Crippen MR) is 65.8 cm³/mol. The van der Waals surface area contributed by atoms with Crippen LogP contribution in [0.15, 0.2) is 29.3 Å². The topological polar surface area (TPSA) is 66.4 Å². The average molecular weight is 251 g/mol. The summed E-state index contributed by atoms with van der Waals surface area (Å²) in [6, 6.07) is 4.42. The van der Waals surface area contributed by atoms with Crippen molar-refractivity contribution in [1.29, 1.82) is 0 Å². The lowest BCUT2D eigenvalue weighted by Gasteiger charge is -2.10. The summed E-state index contributed by atoms with van der Waals surface area (Å²) in [7, 11) is 0. The summed E-state index contributed by atoms with van der Waals surface area (Å²) in [5, 5.41) is 11.1. The number of amides is 1. The molecular formula is C13H14FNO3. The van der Waals surface area contributed by atoms with Crippen LogP contribution in [0.3, 0.4) is 0 Å². The Hall–Kier alpha value is -2.17. The van der Waals surface area contributed by atoms with Crippen molar-refractivity contribution in [3.8, 4) is 0 Å². The van der Waals surface area contributed by atoms with E-state index in [2.05, 4.69) is 5.32 Å². The van der Waals surface area contributed by atoms with Gasteiger partial charge in [0.05, 0.1) is 5.69 Å². The number of carboxylic acids is 1. The van der Waals surface area contributed by atoms with Crippen LogP contribution < -0.4 is 5.32 Å². The molecule has 1 rings (SSSR count). The monoisotopic (exact) mass is 251 g/mol. The van der Waals surface area contributed by atoms with Gasteiger partial charge in [0.2, 0.25) is 0 Å². The van der Waals surface area contributed by atoms with Gasteiger partial charge in [-0.15, -0.1) is 0 Å². The van der Waals surface area contributed by atoms with E-state index >= 15 is 0 Å². The number of carbonyl (C=O) groups is 2. The quantitative estimate of drug-likeness (QED) is 0.811. The fourth-order valence-electron chi connectivity index (χ4n) is 1.33. The summed E-state index contributed by atoms with van der Waals surface area (Å²) >= 11 is 0. The Morgan fingerprint density at radius 3 is 2.33 bits per heavy atom. The summed E-state index contributed by atoms with van der Waals surface area (Å²) in [6.45, 7) is 4.36. The van der Waals surface area contributed by atoms with Crippen LogP contribution in [0.4, 0.5) is 10.1 Å². The molecule has 18 heavy (non-hydrogen) atoms. The van der Waals surface area contributed by atoms with Crippen molar-refractivity contribution in [1.82, 2.24) is 0 Å². The number of hydrogen-bond acceptors (Lipinski definition) is 2. The van der Waals surface area contributed by atoms with E-state index < -0.39 is 17.7 Å². The third-order valence-electron chi connectivity index (χ3n) is 2.68. The maximum Gasteiger partial charge on any atom is 0.331 e. The Labute approximate surface area is 104 Å². The molecular weight excluding hydrogens is 237 g/mol. The van der Waals surface area contributed by atoms with E-state index in [9.17, 15) is 14.0 Å². The van der Waals surface area contributed by atoms with Crippen molar-refractivity contribution in [2.45, 2.75) is 20.8 Å². The van der Waals surface area contributed by atoms with Crippen molar-refractivity contribution in [3.63, 3.8) is 0 Å². The first kappa shape index (κ1) is 13.9. The van der Waals surface area contributed by atoms with Gasteiger partial charge in [-0.25, -0.2) is 9.18 Å². The van der Waals surface area contributed by atoms with E-state index in [0.717, 1.165) is 0 Å². The number of para-hydroxylation sites is 1. The highest BCUT2D eigenvalue weighted by atomic mass is 19.1. The molecule has 0 bridgehead atoms. The van der Waals surface area contributed by atoms with Crippen molar-refractivity contribution in [3.05, 3.63) is 40.7 Å². The minimum absolute atomic E-state index is 0.0464. The van der Waals surface area contributed by atoms with Gasteiger partial charge in [-0.3, -0.25) is 4.79 Å². The molecule has 0 fully saturated rings. The van der Waals surface area contributed by atoms with Crippen LogP contribution in [0.25, 0.3) is 0 Å². The molecule has 4 nitrogen and oxygen atoms in total. The number of anilines is 1. The van der Waals surface area contributed by atoms with Crippen LogP contribution in [0.5, 0.6) is 0 Å². The SMILES string of the molecule is C/C(C(=O)O)=C(/C)C(=O)Nc1c(C)cccc1F. The highest BCUT2D eigenvalue weighted by molar-refractivity contribution is 6.08.